The summed E-state index contributed by atoms with van der Waals surface area (Å²) in [6, 6.07) is 64.4. The van der Waals surface area contributed by atoms with Gasteiger partial charge in [0.2, 0.25) is 0 Å². The molecule has 0 aliphatic carbocycles. The van der Waals surface area contributed by atoms with E-state index in [-0.39, 0.29) is 6.17 Å². The Labute approximate surface area is 331 Å². The highest BCUT2D eigenvalue weighted by molar-refractivity contribution is 7.26. The van der Waals surface area contributed by atoms with Crippen LogP contribution < -0.4 is 5.32 Å². The van der Waals surface area contributed by atoms with Gasteiger partial charge in [0.1, 0.15) is 23.2 Å². The molecule has 0 radical (unpaired) electrons. The third kappa shape index (κ3) is 5.08. The zero-order chi connectivity index (χ0) is 37.5. The average Bonchev–Trinajstić information content (AvgIpc) is 3.96. The van der Waals surface area contributed by atoms with Crippen molar-refractivity contribution in [1.29, 1.82) is 0 Å². The van der Waals surface area contributed by atoms with E-state index in [0.717, 1.165) is 50.2 Å². The number of hydrogen-bond acceptors (Lipinski definition) is 5. The van der Waals surface area contributed by atoms with Crippen LogP contribution in [0.2, 0.25) is 0 Å². The second-order valence-electron chi connectivity index (χ2n) is 14.6. The van der Waals surface area contributed by atoms with Gasteiger partial charge in [0, 0.05) is 64.1 Å². The third-order valence-corrected chi connectivity index (χ3v) is 12.5. The maximum Gasteiger partial charge on any atom is 0.159 e. The molecule has 5 nitrogen and oxygen atoms in total. The molecule has 0 bridgehead atoms. The van der Waals surface area contributed by atoms with Gasteiger partial charge in [-0.1, -0.05) is 115 Å². The number of furan rings is 1. The van der Waals surface area contributed by atoms with Gasteiger partial charge in [0.15, 0.2) is 5.84 Å². The Balaban J connectivity index is 1.01. The second kappa shape index (κ2) is 12.6. The fourth-order valence-electron chi connectivity index (χ4n) is 8.65. The van der Waals surface area contributed by atoms with E-state index in [1.807, 2.05) is 41.7 Å². The lowest BCUT2D eigenvalue weighted by atomic mass is 9.97. The molecular weight excluding hydrogens is 717 g/mol. The molecule has 1 N–H and O–H groups in total. The molecule has 0 saturated heterocycles. The molecule has 6 heteroatoms. The Morgan fingerprint density at radius 2 is 1.21 bits per heavy atom. The minimum Gasteiger partial charge on any atom is -0.456 e. The van der Waals surface area contributed by atoms with Crippen molar-refractivity contribution < 1.29 is 4.42 Å². The lowest BCUT2D eigenvalue weighted by Gasteiger charge is -2.23. The number of benzene rings is 8. The number of nitrogens with one attached hydrogen (secondary N) is 1. The molecule has 11 aromatic rings. The van der Waals surface area contributed by atoms with E-state index in [0.29, 0.717) is 5.84 Å². The first-order valence-corrected chi connectivity index (χ1v) is 20.0. The van der Waals surface area contributed by atoms with E-state index in [1.54, 1.807) is 0 Å². The summed E-state index contributed by atoms with van der Waals surface area (Å²) in [5.74, 6) is 1.48. The summed E-state index contributed by atoms with van der Waals surface area (Å²) < 4.78 is 11.1. The molecule has 8 aromatic carbocycles. The highest BCUT2D eigenvalue weighted by Gasteiger charge is 2.23. The lowest BCUT2D eigenvalue weighted by molar-refractivity contribution is 0.668. The molecule has 0 amide bonds. The molecule has 12 rings (SSSR count). The standard InChI is InChI=1S/C51H32N4OS/c1-3-13-31(14-4-1)49-52-50(32-25-27-45-40(29-32)35-17-8-10-24-44(35)56-45)54-51(53-49)33-26-28-46-41(30-33)38-21-11-20-37(48(38)57-46)36-19-12-23-43-47(36)39-18-7-9-22-42(39)55(43)34-15-5-2-6-16-34/h1-30,49H,(H,52,53,54). The van der Waals surface area contributed by atoms with Crippen LogP contribution in [0.15, 0.2) is 196 Å². The van der Waals surface area contributed by atoms with Gasteiger partial charge in [-0.25, -0.2) is 9.98 Å². The monoisotopic (exact) mass is 748 g/mol. The third-order valence-electron chi connectivity index (χ3n) is 11.3. The second-order valence-corrected chi connectivity index (χ2v) is 15.6. The summed E-state index contributed by atoms with van der Waals surface area (Å²) in [6.45, 7) is 0. The van der Waals surface area contributed by atoms with Crippen molar-refractivity contribution in [3.05, 3.63) is 199 Å². The number of aliphatic imine (C=N–C) groups is 2. The van der Waals surface area contributed by atoms with E-state index in [1.165, 1.54) is 53.1 Å². The SMILES string of the molecule is c1ccc(C2N=C(c3ccc4oc5ccccc5c4c3)N=C(c3ccc4sc5c(-c6cccc7c6c6ccccc6n7-c6ccccc6)cccc5c4c3)N2)cc1. The molecule has 3 aromatic heterocycles. The van der Waals surface area contributed by atoms with Crippen LogP contribution in [0.4, 0.5) is 0 Å². The number of thiophene rings is 1. The number of nitrogens with zero attached hydrogens (tertiary/aromatic N) is 3. The summed E-state index contributed by atoms with van der Waals surface area (Å²) >= 11 is 1.85. The van der Waals surface area contributed by atoms with Gasteiger partial charge in [-0.3, -0.25) is 0 Å². The quantitative estimate of drug-likeness (QED) is 0.191. The molecule has 1 aliphatic heterocycles. The zero-order valence-corrected chi connectivity index (χ0v) is 31.4. The lowest BCUT2D eigenvalue weighted by Crippen LogP contribution is -2.33. The van der Waals surface area contributed by atoms with Crippen molar-refractivity contribution in [3.8, 4) is 16.8 Å². The van der Waals surface area contributed by atoms with Gasteiger partial charge in [0.25, 0.3) is 0 Å². The first kappa shape index (κ1) is 32.0. The van der Waals surface area contributed by atoms with Gasteiger partial charge >= 0.3 is 0 Å². The summed E-state index contributed by atoms with van der Waals surface area (Å²) in [5.41, 5.74) is 10.8. The Bertz CT molecular complexity index is 3450. The number of fused-ring (bicyclic) bond motifs is 9. The molecule has 0 spiro atoms. The number of aromatic nitrogens is 1. The van der Waals surface area contributed by atoms with Crippen molar-refractivity contribution in [2.24, 2.45) is 9.98 Å². The van der Waals surface area contributed by atoms with Crippen molar-refractivity contribution in [3.63, 3.8) is 0 Å². The van der Waals surface area contributed by atoms with Crippen LogP contribution >= 0.6 is 11.3 Å². The van der Waals surface area contributed by atoms with Crippen LogP contribution in [0.5, 0.6) is 0 Å². The van der Waals surface area contributed by atoms with E-state index in [2.05, 4.69) is 162 Å². The van der Waals surface area contributed by atoms with E-state index >= 15 is 0 Å². The molecule has 4 heterocycles. The van der Waals surface area contributed by atoms with Crippen LogP contribution in [0.1, 0.15) is 22.9 Å². The summed E-state index contributed by atoms with van der Waals surface area (Å²) in [4.78, 5) is 10.4. The van der Waals surface area contributed by atoms with Crippen LogP contribution in [-0.2, 0) is 0 Å². The van der Waals surface area contributed by atoms with E-state index in [4.69, 9.17) is 14.4 Å². The van der Waals surface area contributed by atoms with Crippen LogP contribution in [0.3, 0.4) is 0 Å². The molecule has 57 heavy (non-hydrogen) atoms. The largest absolute Gasteiger partial charge is 0.456 e. The molecule has 1 unspecified atom stereocenters. The summed E-state index contributed by atoms with van der Waals surface area (Å²) in [6.07, 6.45) is -0.300. The van der Waals surface area contributed by atoms with Crippen molar-refractivity contribution >= 4 is 86.9 Å². The van der Waals surface area contributed by atoms with Crippen LogP contribution in [-0.4, -0.2) is 16.2 Å². The minimum absolute atomic E-state index is 0.300. The molecule has 1 atom stereocenters. The van der Waals surface area contributed by atoms with Crippen molar-refractivity contribution in [2.75, 3.05) is 0 Å². The molecule has 0 fully saturated rings. The van der Waals surface area contributed by atoms with Gasteiger partial charge in [0.05, 0.1) is 11.0 Å². The first-order chi connectivity index (χ1) is 28.2. The number of amidine groups is 2. The molecular formula is C51H32N4OS. The Morgan fingerprint density at radius 1 is 0.526 bits per heavy atom. The zero-order valence-electron chi connectivity index (χ0n) is 30.6. The van der Waals surface area contributed by atoms with E-state index < -0.39 is 0 Å². The number of hydrogen-bond donors (Lipinski definition) is 1. The van der Waals surface area contributed by atoms with Gasteiger partial charge < -0.3 is 14.3 Å². The van der Waals surface area contributed by atoms with Gasteiger partial charge in [-0.2, -0.15) is 0 Å². The minimum atomic E-state index is -0.300. The van der Waals surface area contributed by atoms with Crippen LogP contribution in [0, 0.1) is 0 Å². The summed E-state index contributed by atoms with van der Waals surface area (Å²) in [5, 5.41) is 10.8. The van der Waals surface area contributed by atoms with Crippen molar-refractivity contribution in [2.45, 2.75) is 6.17 Å². The maximum absolute atomic E-state index is 6.15. The Morgan fingerprint density at radius 3 is 2.11 bits per heavy atom. The highest BCUT2D eigenvalue weighted by Crippen LogP contribution is 2.45. The van der Waals surface area contributed by atoms with Gasteiger partial charge in [-0.05, 0) is 77.9 Å². The molecule has 1 aliphatic rings. The average molecular weight is 749 g/mol. The summed E-state index contributed by atoms with van der Waals surface area (Å²) in [7, 11) is 0. The Hall–Kier alpha value is -7.28. The topological polar surface area (TPSA) is 54.8 Å². The normalized spacial score (nSPS) is 14.5. The maximum atomic E-state index is 6.15. The van der Waals surface area contributed by atoms with Gasteiger partial charge in [-0.15, -0.1) is 11.3 Å². The smallest absolute Gasteiger partial charge is 0.159 e. The number of rotatable bonds is 5. The van der Waals surface area contributed by atoms with Crippen LogP contribution in [0.25, 0.3) is 80.7 Å². The fraction of sp³-hybridized carbons (Fsp3) is 0.0196. The highest BCUT2D eigenvalue weighted by atomic mass is 32.1. The Kier molecular flexibility index (Phi) is 7.09. The molecule has 0 saturated carbocycles. The first-order valence-electron chi connectivity index (χ1n) is 19.2. The fourth-order valence-corrected chi connectivity index (χ4v) is 9.86. The molecule has 268 valence electrons. The number of para-hydroxylation sites is 3. The predicted octanol–water partition coefficient (Wildman–Crippen LogP) is 13.2. The predicted molar refractivity (Wildman–Crippen MR) is 238 cm³/mol. The van der Waals surface area contributed by atoms with Crippen molar-refractivity contribution in [1.82, 2.24) is 9.88 Å². The van der Waals surface area contributed by atoms with E-state index in [9.17, 15) is 0 Å².